The van der Waals surface area contributed by atoms with Crippen molar-refractivity contribution in [1.82, 2.24) is 4.98 Å². The lowest BCUT2D eigenvalue weighted by Crippen LogP contribution is -2.39. The Morgan fingerprint density at radius 3 is 3.00 bits per heavy atom. The lowest BCUT2D eigenvalue weighted by Gasteiger charge is -2.12. The maximum absolute atomic E-state index is 11.6. The zero-order chi connectivity index (χ0) is 12.0. The van der Waals surface area contributed by atoms with E-state index in [1.54, 1.807) is 12.3 Å². The van der Waals surface area contributed by atoms with Gasteiger partial charge in [0.15, 0.2) is 0 Å². The molecule has 0 fully saturated rings. The summed E-state index contributed by atoms with van der Waals surface area (Å²) >= 11 is 0. The Hall–Kier alpha value is -1.66. The summed E-state index contributed by atoms with van der Waals surface area (Å²) in [5.74, 6) is 0.195. The van der Waals surface area contributed by atoms with Gasteiger partial charge < -0.3 is 20.5 Å². The Morgan fingerprint density at radius 2 is 2.38 bits per heavy atom. The minimum Gasteiger partial charge on any atom is -0.494 e. The molecule has 0 spiro atoms. The SMILES string of the molecule is COCC(N)C(=O)Nc1cnccc1OC. The maximum Gasteiger partial charge on any atom is 0.243 e. The van der Waals surface area contributed by atoms with E-state index in [2.05, 4.69) is 10.3 Å². The number of ether oxygens (including phenoxy) is 2. The van der Waals surface area contributed by atoms with E-state index in [0.717, 1.165) is 0 Å². The fraction of sp³-hybridized carbons (Fsp3) is 0.400. The summed E-state index contributed by atoms with van der Waals surface area (Å²) in [6.07, 6.45) is 3.07. The van der Waals surface area contributed by atoms with Crippen LogP contribution in [0.3, 0.4) is 0 Å². The second-order valence-corrected chi connectivity index (χ2v) is 3.13. The van der Waals surface area contributed by atoms with Gasteiger partial charge in [0.05, 0.1) is 19.9 Å². The monoisotopic (exact) mass is 225 g/mol. The predicted octanol–water partition coefficient (Wildman–Crippen LogP) is 0.00240. The van der Waals surface area contributed by atoms with Crippen LogP contribution in [0, 0.1) is 0 Å². The Bertz CT molecular complexity index is 357. The highest BCUT2D eigenvalue weighted by atomic mass is 16.5. The fourth-order valence-electron chi connectivity index (χ4n) is 1.13. The van der Waals surface area contributed by atoms with Crippen molar-refractivity contribution in [3.63, 3.8) is 0 Å². The number of hydrogen-bond donors (Lipinski definition) is 2. The van der Waals surface area contributed by atoms with Crippen molar-refractivity contribution in [3.05, 3.63) is 18.5 Å². The van der Waals surface area contributed by atoms with Gasteiger partial charge in [0.2, 0.25) is 5.91 Å². The van der Waals surface area contributed by atoms with Gasteiger partial charge in [0.25, 0.3) is 0 Å². The molecule has 1 atom stereocenters. The summed E-state index contributed by atoms with van der Waals surface area (Å²) in [4.78, 5) is 15.5. The van der Waals surface area contributed by atoms with Crippen LogP contribution in [-0.2, 0) is 9.53 Å². The zero-order valence-corrected chi connectivity index (χ0v) is 9.27. The molecule has 0 aliphatic rings. The smallest absolute Gasteiger partial charge is 0.243 e. The molecule has 6 heteroatoms. The van der Waals surface area contributed by atoms with E-state index in [9.17, 15) is 4.79 Å². The van der Waals surface area contributed by atoms with Crippen LogP contribution in [0.15, 0.2) is 18.5 Å². The number of nitrogens with zero attached hydrogens (tertiary/aromatic N) is 1. The molecule has 0 aromatic carbocycles. The van der Waals surface area contributed by atoms with Crippen LogP contribution in [0.4, 0.5) is 5.69 Å². The maximum atomic E-state index is 11.6. The van der Waals surface area contributed by atoms with Crippen molar-refractivity contribution >= 4 is 11.6 Å². The van der Waals surface area contributed by atoms with Gasteiger partial charge in [-0.05, 0) is 0 Å². The third-order valence-electron chi connectivity index (χ3n) is 1.94. The van der Waals surface area contributed by atoms with Crippen molar-refractivity contribution in [2.24, 2.45) is 5.73 Å². The molecule has 0 saturated carbocycles. The van der Waals surface area contributed by atoms with Crippen LogP contribution in [0.1, 0.15) is 0 Å². The number of methoxy groups -OCH3 is 2. The summed E-state index contributed by atoms with van der Waals surface area (Å²) in [7, 11) is 3.00. The van der Waals surface area contributed by atoms with Gasteiger partial charge in [-0.1, -0.05) is 0 Å². The van der Waals surface area contributed by atoms with Crippen LogP contribution < -0.4 is 15.8 Å². The molecule has 0 aliphatic heterocycles. The molecule has 0 bridgehead atoms. The predicted molar refractivity (Wildman–Crippen MR) is 59.3 cm³/mol. The third-order valence-corrected chi connectivity index (χ3v) is 1.94. The molecule has 1 aromatic rings. The lowest BCUT2D eigenvalue weighted by molar-refractivity contribution is -0.118. The number of rotatable bonds is 5. The average molecular weight is 225 g/mol. The van der Waals surface area contributed by atoms with E-state index in [-0.39, 0.29) is 12.5 Å². The molecule has 1 amide bonds. The van der Waals surface area contributed by atoms with Crippen LogP contribution in [0.5, 0.6) is 5.75 Å². The first-order chi connectivity index (χ1) is 7.69. The van der Waals surface area contributed by atoms with Gasteiger partial charge >= 0.3 is 0 Å². The van der Waals surface area contributed by atoms with Crippen molar-refractivity contribution < 1.29 is 14.3 Å². The third kappa shape index (κ3) is 3.18. The molecule has 88 valence electrons. The van der Waals surface area contributed by atoms with E-state index in [0.29, 0.717) is 11.4 Å². The van der Waals surface area contributed by atoms with Crippen molar-refractivity contribution in [2.45, 2.75) is 6.04 Å². The second kappa shape index (κ2) is 6.04. The Labute approximate surface area is 93.8 Å². The highest BCUT2D eigenvalue weighted by molar-refractivity contribution is 5.95. The molecule has 1 heterocycles. The summed E-state index contributed by atoms with van der Waals surface area (Å²) in [5.41, 5.74) is 6.06. The molecule has 1 rings (SSSR count). The molecule has 1 unspecified atom stereocenters. The quantitative estimate of drug-likeness (QED) is 0.736. The average Bonchev–Trinajstić information content (AvgIpc) is 2.30. The van der Waals surface area contributed by atoms with Gasteiger partial charge in [-0.15, -0.1) is 0 Å². The number of pyridine rings is 1. The van der Waals surface area contributed by atoms with E-state index in [1.807, 2.05) is 0 Å². The topological polar surface area (TPSA) is 86.5 Å². The van der Waals surface area contributed by atoms with E-state index in [4.69, 9.17) is 15.2 Å². The van der Waals surface area contributed by atoms with Crippen molar-refractivity contribution in [1.29, 1.82) is 0 Å². The van der Waals surface area contributed by atoms with Crippen LogP contribution in [-0.4, -0.2) is 37.8 Å². The summed E-state index contributed by atoms with van der Waals surface area (Å²) in [5, 5.41) is 2.61. The van der Waals surface area contributed by atoms with Crippen molar-refractivity contribution in [2.75, 3.05) is 26.1 Å². The van der Waals surface area contributed by atoms with E-state index < -0.39 is 6.04 Å². The summed E-state index contributed by atoms with van der Waals surface area (Å²) < 4.78 is 9.85. The highest BCUT2D eigenvalue weighted by Gasteiger charge is 2.14. The molecular weight excluding hydrogens is 210 g/mol. The van der Waals surface area contributed by atoms with Crippen LogP contribution >= 0.6 is 0 Å². The van der Waals surface area contributed by atoms with Gasteiger partial charge in [-0.25, -0.2) is 0 Å². The van der Waals surface area contributed by atoms with Crippen LogP contribution in [0.25, 0.3) is 0 Å². The van der Waals surface area contributed by atoms with Crippen LogP contribution in [0.2, 0.25) is 0 Å². The van der Waals surface area contributed by atoms with Gasteiger partial charge in [0, 0.05) is 19.4 Å². The molecule has 6 nitrogen and oxygen atoms in total. The summed E-state index contributed by atoms with van der Waals surface area (Å²) in [6, 6.07) is 0.937. The van der Waals surface area contributed by atoms with E-state index >= 15 is 0 Å². The normalized spacial score (nSPS) is 11.9. The van der Waals surface area contributed by atoms with Gasteiger partial charge in [0.1, 0.15) is 17.5 Å². The molecular formula is C10H15N3O3. The molecule has 0 aliphatic carbocycles. The first-order valence-electron chi connectivity index (χ1n) is 4.72. The minimum atomic E-state index is -0.713. The van der Waals surface area contributed by atoms with Crippen molar-refractivity contribution in [3.8, 4) is 5.75 Å². The Balaban J connectivity index is 2.69. The van der Waals surface area contributed by atoms with Gasteiger partial charge in [-0.2, -0.15) is 0 Å². The first-order valence-corrected chi connectivity index (χ1v) is 4.72. The molecule has 0 radical (unpaired) electrons. The molecule has 1 aromatic heterocycles. The number of nitrogens with two attached hydrogens (primary N) is 1. The van der Waals surface area contributed by atoms with Gasteiger partial charge in [-0.3, -0.25) is 9.78 Å². The molecule has 3 N–H and O–H groups in total. The number of hydrogen-bond acceptors (Lipinski definition) is 5. The fourth-order valence-corrected chi connectivity index (χ4v) is 1.13. The zero-order valence-electron chi connectivity index (χ0n) is 9.27. The number of aromatic nitrogens is 1. The lowest BCUT2D eigenvalue weighted by atomic mass is 10.3. The highest BCUT2D eigenvalue weighted by Crippen LogP contribution is 2.21. The number of anilines is 1. The minimum absolute atomic E-state index is 0.161. The molecule has 16 heavy (non-hydrogen) atoms. The standard InChI is InChI=1S/C10H15N3O3/c1-15-6-7(11)10(14)13-8-5-12-4-3-9(8)16-2/h3-5,7H,6,11H2,1-2H3,(H,13,14). The number of nitrogens with one attached hydrogen (secondary N) is 1. The molecule has 0 saturated heterocycles. The Kier molecular flexibility index (Phi) is 4.68. The Morgan fingerprint density at radius 1 is 1.62 bits per heavy atom. The largest absolute Gasteiger partial charge is 0.494 e. The number of amides is 1. The summed E-state index contributed by atoms with van der Waals surface area (Å²) in [6.45, 7) is 0.161. The first kappa shape index (κ1) is 12.4. The second-order valence-electron chi connectivity index (χ2n) is 3.13. The number of carbonyl (C=O) groups excluding carboxylic acids is 1. The van der Waals surface area contributed by atoms with E-state index in [1.165, 1.54) is 20.4 Å². The number of carbonyl (C=O) groups is 1.